The van der Waals surface area contributed by atoms with Gasteiger partial charge in [-0.3, -0.25) is 4.79 Å². The van der Waals surface area contributed by atoms with Gasteiger partial charge in [0, 0.05) is 22.7 Å². The van der Waals surface area contributed by atoms with Gasteiger partial charge in [-0.1, -0.05) is 5.92 Å². The zero-order valence-corrected chi connectivity index (χ0v) is 15.1. The molecule has 27 heavy (non-hydrogen) atoms. The molecule has 0 saturated heterocycles. The highest BCUT2D eigenvalue weighted by Gasteiger charge is 2.41. The largest absolute Gasteiger partial charge is 0.366 e. The summed E-state index contributed by atoms with van der Waals surface area (Å²) in [5.74, 6) is 5.19. The summed E-state index contributed by atoms with van der Waals surface area (Å²) >= 11 is 0. The number of rotatable bonds is 5. The fourth-order valence-electron chi connectivity index (χ4n) is 3.65. The molecule has 4 rings (SSSR count). The number of carbonyl (C=O) groups excluding carboxylic acids is 1. The van der Waals surface area contributed by atoms with E-state index in [4.69, 9.17) is 5.73 Å². The van der Waals surface area contributed by atoms with E-state index in [0.29, 0.717) is 17.3 Å². The summed E-state index contributed by atoms with van der Waals surface area (Å²) in [6, 6.07) is 9.00. The van der Waals surface area contributed by atoms with E-state index in [1.165, 1.54) is 25.3 Å². The van der Waals surface area contributed by atoms with Gasteiger partial charge in [-0.25, -0.2) is 9.37 Å². The van der Waals surface area contributed by atoms with Crippen LogP contribution in [0.1, 0.15) is 59.3 Å². The first-order chi connectivity index (χ1) is 13.0. The van der Waals surface area contributed by atoms with Crippen molar-refractivity contribution in [2.45, 2.75) is 50.1 Å². The Morgan fingerprint density at radius 3 is 2.67 bits per heavy atom. The predicted octanol–water partition coefficient (Wildman–Crippen LogP) is 2.94. The second kappa shape index (κ2) is 7.13. The molecule has 2 fully saturated rings. The first kappa shape index (κ1) is 17.7. The molecule has 0 unspecified atom stereocenters. The molecule has 1 aromatic heterocycles. The van der Waals surface area contributed by atoms with Crippen LogP contribution >= 0.6 is 0 Å². The molecule has 2 aliphatic carbocycles. The Bertz CT molecular complexity index is 919. The van der Waals surface area contributed by atoms with Crippen LogP contribution < -0.4 is 11.1 Å². The molecule has 0 atom stereocenters. The second-order valence-corrected chi connectivity index (χ2v) is 7.58. The molecule has 5 heteroatoms. The molecule has 2 aliphatic rings. The Hall–Kier alpha value is -2.71. The van der Waals surface area contributed by atoms with Gasteiger partial charge in [0.1, 0.15) is 11.5 Å². The van der Waals surface area contributed by atoms with Gasteiger partial charge < -0.3 is 11.1 Å². The van der Waals surface area contributed by atoms with Gasteiger partial charge in [0.05, 0.1) is 6.20 Å². The van der Waals surface area contributed by atoms with Gasteiger partial charge in [0.25, 0.3) is 0 Å². The molecule has 0 aliphatic heterocycles. The SMILES string of the molecule is NC(=O)c1ccc(C#Cc2ccc(F)cn2)cc1CC1(NC2CC2)CCC1. The van der Waals surface area contributed by atoms with Crippen LogP contribution in [0.15, 0.2) is 36.5 Å². The lowest BCUT2D eigenvalue weighted by atomic mass is 9.72. The van der Waals surface area contributed by atoms with Gasteiger partial charge in [0.2, 0.25) is 5.91 Å². The number of aromatic nitrogens is 1. The minimum absolute atomic E-state index is 0.0793. The fourth-order valence-corrected chi connectivity index (χ4v) is 3.65. The quantitative estimate of drug-likeness (QED) is 0.803. The van der Waals surface area contributed by atoms with Crippen molar-refractivity contribution in [1.82, 2.24) is 10.3 Å². The highest BCUT2D eigenvalue weighted by atomic mass is 19.1. The third-order valence-corrected chi connectivity index (χ3v) is 5.36. The maximum atomic E-state index is 13.0. The molecule has 0 radical (unpaired) electrons. The van der Waals surface area contributed by atoms with Crippen LogP contribution in [0.2, 0.25) is 0 Å². The molecule has 4 nitrogen and oxygen atoms in total. The van der Waals surface area contributed by atoms with Crippen molar-refractivity contribution in [2.75, 3.05) is 0 Å². The highest BCUT2D eigenvalue weighted by molar-refractivity contribution is 5.94. The van der Waals surface area contributed by atoms with Gasteiger partial charge in [-0.05, 0) is 80.3 Å². The molecule has 2 aromatic rings. The van der Waals surface area contributed by atoms with Gasteiger partial charge in [-0.15, -0.1) is 0 Å². The van der Waals surface area contributed by atoms with Crippen molar-refractivity contribution in [1.29, 1.82) is 0 Å². The summed E-state index contributed by atoms with van der Waals surface area (Å²) in [4.78, 5) is 15.8. The fraction of sp³-hybridized carbons (Fsp3) is 0.364. The van der Waals surface area contributed by atoms with Crippen LogP contribution in [0.4, 0.5) is 4.39 Å². The molecule has 2 saturated carbocycles. The normalized spacial score (nSPS) is 17.5. The summed E-state index contributed by atoms with van der Waals surface area (Å²) in [6.07, 6.45) is 7.86. The van der Waals surface area contributed by atoms with Gasteiger partial charge in [-0.2, -0.15) is 0 Å². The molecule has 3 N–H and O–H groups in total. The van der Waals surface area contributed by atoms with E-state index in [2.05, 4.69) is 22.1 Å². The third-order valence-electron chi connectivity index (χ3n) is 5.36. The van der Waals surface area contributed by atoms with Crippen molar-refractivity contribution in [3.05, 3.63) is 64.7 Å². The Kier molecular flexibility index (Phi) is 4.67. The summed E-state index contributed by atoms with van der Waals surface area (Å²) < 4.78 is 13.0. The molecular weight excluding hydrogens is 341 g/mol. The van der Waals surface area contributed by atoms with Gasteiger partial charge >= 0.3 is 0 Å². The average molecular weight is 363 g/mol. The Balaban J connectivity index is 1.60. The number of pyridine rings is 1. The maximum absolute atomic E-state index is 13.0. The standard InChI is InChI=1S/C22H22FN3O/c23-17-4-6-18(25-14-17)5-2-15-3-9-20(21(24)27)16(12-15)13-22(10-1-11-22)26-19-7-8-19/h3-4,6,9,12,14,19,26H,1,7-8,10-11,13H2,(H2,24,27). The van der Waals surface area contributed by atoms with Gasteiger partial charge in [0.15, 0.2) is 0 Å². The van der Waals surface area contributed by atoms with Crippen LogP contribution in [0.5, 0.6) is 0 Å². The molecule has 138 valence electrons. The first-order valence-corrected chi connectivity index (χ1v) is 9.37. The Labute approximate surface area is 158 Å². The smallest absolute Gasteiger partial charge is 0.248 e. The molecule has 0 spiro atoms. The molecule has 1 aromatic carbocycles. The van der Waals surface area contributed by atoms with Crippen molar-refractivity contribution in [3.63, 3.8) is 0 Å². The van der Waals surface area contributed by atoms with Crippen molar-refractivity contribution >= 4 is 5.91 Å². The second-order valence-electron chi connectivity index (χ2n) is 7.58. The highest BCUT2D eigenvalue weighted by Crippen LogP contribution is 2.39. The average Bonchev–Trinajstić information content (AvgIpc) is 3.43. The van der Waals surface area contributed by atoms with Crippen molar-refractivity contribution in [3.8, 4) is 11.8 Å². The van der Waals surface area contributed by atoms with E-state index < -0.39 is 5.91 Å². The van der Waals surface area contributed by atoms with Crippen LogP contribution in [-0.4, -0.2) is 22.5 Å². The zero-order valence-electron chi connectivity index (χ0n) is 15.1. The molecule has 1 amide bonds. The minimum atomic E-state index is -0.411. The summed E-state index contributed by atoms with van der Waals surface area (Å²) in [5.41, 5.74) is 8.47. The lowest BCUT2D eigenvalue weighted by Gasteiger charge is -2.43. The number of carbonyl (C=O) groups is 1. The predicted molar refractivity (Wildman–Crippen MR) is 102 cm³/mol. The van der Waals surface area contributed by atoms with Crippen LogP contribution in [0.3, 0.4) is 0 Å². The topological polar surface area (TPSA) is 68.0 Å². The Morgan fingerprint density at radius 2 is 2.07 bits per heavy atom. The van der Waals surface area contributed by atoms with Crippen LogP contribution in [-0.2, 0) is 6.42 Å². The lowest BCUT2D eigenvalue weighted by molar-refractivity contribution is 0.0998. The number of benzene rings is 1. The van der Waals surface area contributed by atoms with Crippen LogP contribution in [0.25, 0.3) is 0 Å². The summed E-state index contributed by atoms with van der Waals surface area (Å²) in [6.45, 7) is 0. The van der Waals surface area contributed by atoms with E-state index in [9.17, 15) is 9.18 Å². The summed E-state index contributed by atoms with van der Waals surface area (Å²) in [7, 11) is 0. The maximum Gasteiger partial charge on any atom is 0.248 e. The number of nitrogens with one attached hydrogen (secondary N) is 1. The Morgan fingerprint density at radius 1 is 1.26 bits per heavy atom. The molecule has 0 bridgehead atoms. The van der Waals surface area contributed by atoms with Crippen molar-refractivity contribution in [2.24, 2.45) is 5.73 Å². The third kappa shape index (κ3) is 4.17. The van der Waals surface area contributed by atoms with E-state index in [-0.39, 0.29) is 11.4 Å². The van der Waals surface area contributed by atoms with E-state index in [1.807, 2.05) is 6.07 Å². The van der Waals surface area contributed by atoms with Crippen LogP contribution in [0, 0.1) is 17.7 Å². The monoisotopic (exact) mass is 363 g/mol. The first-order valence-electron chi connectivity index (χ1n) is 9.37. The number of primary amides is 1. The zero-order chi connectivity index (χ0) is 18.9. The number of amides is 1. The lowest BCUT2D eigenvalue weighted by Crippen LogP contribution is -2.53. The van der Waals surface area contributed by atoms with E-state index >= 15 is 0 Å². The number of nitrogens with zero attached hydrogens (tertiary/aromatic N) is 1. The number of hydrogen-bond acceptors (Lipinski definition) is 3. The number of halogens is 1. The number of nitrogens with two attached hydrogens (primary N) is 1. The summed E-state index contributed by atoms with van der Waals surface area (Å²) in [5, 5.41) is 3.77. The van der Waals surface area contributed by atoms with E-state index in [0.717, 1.165) is 36.6 Å². The van der Waals surface area contributed by atoms with E-state index in [1.54, 1.807) is 18.2 Å². The van der Waals surface area contributed by atoms with Crippen molar-refractivity contribution < 1.29 is 9.18 Å². The molecule has 1 heterocycles. The molecular formula is C22H22FN3O. The number of hydrogen-bond donors (Lipinski definition) is 2. The minimum Gasteiger partial charge on any atom is -0.366 e.